The lowest BCUT2D eigenvalue weighted by molar-refractivity contribution is -0.276. The number of hydrogen-bond donors (Lipinski definition) is 1. The van der Waals surface area contributed by atoms with Gasteiger partial charge in [0.15, 0.2) is 11.5 Å². The van der Waals surface area contributed by atoms with Gasteiger partial charge in [-0.1, -0.05) is 19.1 Å². The fourth-order valence-electron chi connectivity index (χ4n) is 3.03. The van der Waals surface area contributed by atoms with Crippen molar-refractivity contribution in [3.05, 3.63) is 60.3 Å². The first kappa shape index (κ1) is 18.7. The summed E-state index contributed by atoms with van der Waals surface area (Å²) in [5.74, 6) is 0.106. The second kappa shape index (κ2) is 7.08. The summed E-state index contributed by atoms with van der Waals surface area (Å²) in [5.41, 5.74) is 8.98. The van der Waals surface area contributed by atoms with Gasteiger partial charge in [-0.25, -0.2) is 9.97 Å². The first-order valence-corrected chi connectivity index (χ1v) is 8.81. The van der Waals surface area contributed by atoms with E-state index in [4.69, 9.17) is 5.73 Å². The van der Waals surface area contributed by atoms with E-state index in [0.717, 1.165) is 18.1 Å². The summed E-state index contributed by atoms with van der Waals surface area (Å²) in [6, 6.07) is 13.6. The molecular weight excluding hydrogens is 383 g/mol. The minimum absolute atomic E-state index is 0.217. The smallest absolute Gasteiger partial charge is 0.388 e. The average molecular weight is 399 g/mol. The Labute approximate surface area is 163 Å². The second-order valence-corrected chi connectivity index (χ2v) is 6.27. The van der Waals surface area contributed by atoms with E-state index in [-0.39, 0.29) is 11.5 Å². The first-order valence-electron chi connectivity index (χ1n) is 8.81. The van der Waals surface area contributed by atoms with Gasteiger partial charge in [-0.2, -0.15) is 4.98 Å². The summed E-state index contributed by atoms with van der Waals surface area (Å²) >= 11 is 0. The van der Waals surface area contributed by atoms with Crippen LogP contribution in [-0.2, 0) is 6.42 Å². The molecule has 0 aliphatic rings. The number of nitrogens with zero attached hydrogens (tertiary/aromatic N) is 4. The molecular formula is C20H16F3N5O. The minimum Gasteiger partial charge on any atom is -0.388 e. The van der Waals surface area contributed by atoms with Crippen molar-refractivity contribution in [1.29, 1.82) is 0 Å². The molecule has 4 rings (SSSR count). The fourth-order valence-corrected chi connectivity index (χ4v) is 3.03. The molecule has 9 heteroatoms. The Morgan fingerprint density at radius 3 is 2.45 bits per heavy atom. The number of aromatic nitrogens is 4. The first-order chi connectivity index (χ1) is 13.9. The van der Waals surface area contributed by atoms with E-state index >= 15 is 0 Å². The largest absolute Gasteiger partial charge is 0.574 e. The van der Waals surface area contributed by atoms with Crippen LogP contribution in [-0.4, -0.2) is 25.9 Å². The van der Waals surface area contributed by atoms with Crippen LogP contribution in [0.5, 0.6) is 5.88 Å². The molecule has 0 spiro atoms. The Balaban J connectivity index is 1.97. The Kier molecular flexibility index (Phi) is 4.57. The van der Waals surface area contributed by atoms with Crippen molar-refractivity contribution in [3.8, 4) is 23.0 Å². The maximum absolute atomic E-state index is 12.7. The average Bonchev–Trinajstić information content (AvgIpc) is 3.05. The van der Waals surface area contributed by atoms with Gasteiger partial charge in [0.1, 0.15) is 11.3 Å². The summed E-state index contributed by atoms with van der Waals surface area (Å²) < 4.78 is 43.6. The van der Waals surface area contributed by atoms with E-state index in [9.17, 15) is 13.2 Å². The molecule has 148 valence electrons. The maximum Gasteiger partial charge on any atom is 0.574 e. The third kappa shape index (κ3) is 3.71. The number of alkyl halides is 3. The molecule has 0 aliphatic carbocycles. The summed E-state index contributed by atoms with van der Waals surface area (Å²) in [6.07, 6.45) is -2.44. The zero-order valence-electron chi connectivity index (χ0n) is 15.3. The highest BCUT2D eigenvalue weighted by atomic mass is 19.4. The number of nitrogens with two attached hydrogens (primary N) is 1. The minimum atomic E-state index is -4.84. The predicted octanol–water partition coefficient (Wildman–Crippen LogP) is 4.53. The Bertz CT molecular complexity index is 1170. The molecule has 6 nitrogen and oxygen atoms in total. The molecule has 0 radical (unpaired) electrons. The van der Waals surface area contributed by atoms with Gasteiger partial charge >= 0.3 is 6.36 Å². The fraction of sp³-hybridized carbons (Fsp3) is 0.150. The monoisotopic (exact) mass is 399 g/mol. The summed E-state index contributed by atoms with van der Waals surface area (Å²) in [6.45, 7) is 2.03. The van der Waals surface area contributed by atoms with Crippen LogP contribution in [0.3, 0.4) is 0 Å². The summed E-state index contributed by atoms with van der Waals surface area (Å²) in [5, 5.41) is 0. The molecule has 0 saturated heterocycles. The lowest BCUT2D eigenvalue weighted by atomic mass is 10.1. The number of anilines is 1. The number of pyridine rings is 2. The molecule has 3 aromatic heterocycles. The number of fused-ring (bicyclic) bond motifs is 1. The highest BCUT2D eigenvalue weighted by molar-refractivity contribution is 5.83. The second-order valence-electron chi connectivity index (χ2n) is 6.27. The van der Waals surface area contributed by atoms with Gasteiger partial charge in [0.2, 0.25) is 5.88 Å². The number of imidazole rings is 1. The van der Waals surface area contributed by atoms with Crippen LogP contribution in [0.4, 0.5) is 19.0 Å². The van der Waals surface area contributed by atoms with Crippen molar-refractivity contribution >= 4 is 17.0 Å². The molecule has 0 fully saturated rings. The van der Waals surface area contributed by atoms with Crippen LogP contribution in [0.25, 0.3) is 28.2 Å². The quantitative estimate of drug-likeness (QED) is 0.546. The van der Waals surface area contributed by atoms with Gasteiger partial charge in [-0.3, -0.25) is 4.57 Å². The number of ether oxygens (including phenoxy) is 1. The highest BCUT2D eigenvalue weighted by Crippen LogP contribution is 2.32. The molecule has 4 aromatic rings. The van der Waals surface area contributed by atoms with Crippen LogP contribution in [0.2, 0.25) is 0 Å². The highest BCUT2D eigenvalue weighted by Gasteiger charge is 2.32. The zero-order valence-corrected chi connectivity index (χ0v) is 15.3. The van der Waals surface area contributed by atoms with Gasteiger partial charge in [-0.15, -0.1) is 13.2 Å². The lowest BCUT2D eigenvalue weighted by Crippen LogP contribution is -2.18. The van der Waals surface area contributed by atoms with Crippen molar-refractivity contribution in [3.63, 3.8) is 0 Å². The van der Waals surface area contributed by atoms with Crippen molar-refractivity contribution in [2.24, 2.45) is 0 Å². The molecule has 0 atom stereocenters. The third-order valence-electron chi connectivity index (χ3n) is 4.38. The third-order valence-corrected chi connectivity index (χ3v) is 4.38. The normalized spacial score (nSPS) is 11.7. The number of nitrogen functional groups attached to an aromatic ring is 1. The van der Waals surface area contributed by atoms with E-state index in [2.05, 4.69) is 19.7 Å². The SMILES string of the molecule is CCc1ccc(-n2c(-c3cccnc3N)nc3ccc(OC(F)(F)F)nc32)cc1. The van der Waals surface area contributed by atoms with E-state index in [1.165, 1.54) is 6.07 Å². The van der Waals surface area contributed by atoms with Gasteiger partial charge in [-0.05, 0) is 42.3 Å². The molecule has 2 N–H and O–H groups in total. The van der Waals surface area contributed by atoms with Crippen molar-refractivity contribution in [2.75, 3.05) is 5.73 Å². The number of benzene rings is 1. The number of hydrogen-bond acceptors (Lipinski definition) is 5. The van der Waals surface area contributed by atoms with Gasteiger partial charge in [0, 0.05) is 18.0 Å². The van der Waals surface area contributed by atoms with Gasteiger partial charge in [0.05, 0.1) is 5.56 Å². The zero-order chi connectivity index (χ0) is 20.6. The van der Waals surface area contributed by atoms with E-state index < -0.39 is 12.2 Å². The Morgan fingerprint density at radius 1 is 1.03 bits per heavy atom. The van der Waals surface area contributed by atoms with E-state index in [0.29, 0.717) is 22.6 Å². The predicted molar refractivity (Wildman–Crippen MR) is 103 cm³/mol. The number of rotatable bonds is 4. The van der Waals surface area contributed by atoms with Crippen molar-refractivity contribution < 1.29 is 17.9 Å². The van der Waals surface area contributed by atoms with Gasteiger partial charge in [0.25, 0.3) is 0 Å². The topological polar surface area (TPSA) is 78.9 Å². The molecule has 0 aliphatic heterocycles. The van der Waals surface area contributed by atoms with E-state index in [1.807, 2.05) is 31.2 Å². The Morgan fingerprint density at radius 2 is 1.79 bits per heavy atom. The van der Waals surface area contributed by atoms with Gasteiger partial charge < -0.3 is 10.5 Å². The molecule has 0 amide bonds. The molecule has 29 heavy (non-hydrogen) atoms. The number of halogens is 3. The Hall–Kier alpha value is -3.62. The molecule has 1 aromatic carbocycles. The van der Waals surface area contributed by atoms with Crippen LogP contribution in [0.1, 0.15) is 12.5 Å². The van der Waals surface area contributed by atoms with Crippen molar-refractivity contribution in [2.45, 2.75) is 19.7 Å². The molecule has 0 saturated carbocycles. The standard InChI is InChI=1S/C20H16F3N5O/c1-2-12-5-7-13(8-6-12)28-18(14-4-3-11-25-17(14)24)26-15-9-10-16(27-19(15)28)29-20(21,22)23/h3-11H,2H2,1H3,(H2,24,25). The lowest BCUT2D eigenvalue weighted by Gasteiger charge is -2.11. The molecule has 0 unspecified atom stereocenters. The van der Waals surface area contributed by atoms with E-state index in [1.54, 1.807) is 22.9 Å². The maximum atomic E-state index is 12.7. The summed E-state index contributed by atoms with van der Waals surface area (Å²) in [7, 11) is 0. The van der Waals surface area contributed by atoms with Crippen LogP contribution < -0.4 is 10.5 Å². The van der Waals surface area contributed by atoms with Crippen LogP contribution in [0.15, 0.2) is 54.7 Å². The number of aryl methyl sites for hydroxylation is 1. The van der Waals surface area contributed by atoms with Crippen LogP contribution in [0, 0.1) is 0 Å². The molecule has 0 bridgehead atoms. The van der Waals surface area contributed by atoms with Crippen molar-refractivity contribution in [1.82, 2.24) is 19.5 Å². The molecule has 3 heterocycles. The summed E-state index contributed by atoms with van der Waals surface area (Å²) in [4.78, 5) is 12.7. The van der Waals surface area contributed by atoms with Crippen LogP contribution >= 0.6 is 0 Å².